The minimum Gasteiger partial charge on any atom is -0.320 e. The highest BCUT2D eigenvalue weighted by atomic mass is 32.1. The Balaban J connectivity index is 1.91. The van der Waals surface area contributed by atoms with Crippen molar-refractivity contribution < 1.29 is 0 Å². The van der Waals surface area contributed by atoms with Crippen LogP contribution in [0.4, 0.5) is 0 Å². The van der Waals surface area contributed by atoms with Crippen molar-refractivity contribution in [3.05, 3.63) is 21.9 Å². The predicted octanol–water partition coefficient (Wildman–Crippen LogP) is 3.27. The molecule has 0 bridgehead atoms. The highest BCUT2D eigenvalue weighted by molar-refractivity contribution is 7.11. The molecule has 3 heteroatoms. The summed E-state index contributed by atoms with van der Waals surface area (Å²) in [6.07, 6.45) is 6.64. The van der Waals surface area contributed by atoms with Gasteiger partial charge in [-0.05, 0) is 58.0 Å². The number of hydrogen-bond acceptors (Lipinski definition) is 3. The Hall–Kier alpha value is -0.380. The summed E-state index contributed by atoms with van der Waals surface area (Å²) < 4.78 is 0. The van der Waals surface area contributed by atoms with Gasteiger partial charge in [-0.1, -0.05) is 13.3 Å². The normalized spacial score (nSPS) is 21.3. The molecule has 1 fully saturated rings. The lowest BCUT2D eigenvalue weighted by molar-refractivity contribution is 0.134. The minimum atomic E-state index is 0.790. The fraction of sp³-hybridized carbons (Fsp3) is 0.733. The van der Waals surface area contributed by atoms with E-state index in [1.54, 1.807) is 4.88 Å². The van der Waals surface area contributed by atoms with Crippen LogP contribution < -0.4 is 5.32 Å². The number of aryl methyl sites for hydroxylation is 1. The van der Waals surface area contributed by atoms with Crippen molar-refractivity contribution in [3.8, 4) is 0 Å². The van der Waals surface area contributed by atoms with Crippen LogP contribution >= 0.6 is 11.3 Å². The average Bonchev–Trinajstić information content (AvgIpc) is 2.85. The van der Waals surface area contributed by atoms with E-state index < -0.39 is 0 Å². The molecule has 1 aromatic rings. The Kier molecular flexibility index (Phi) is 5.67. The summed E-state index contributed by atoms with van der Waals surface area (Å²) in [5.74, 6) is 0. The largest absolute Gasteiger partial charge is 0.320 e. The predicted molar refractivity (Wildman–Crippen MR) is 80.3 cm³/mol. The summed E-state index contributed by atoms with van der Waals surface area (Å²) in [6.45, 7) is 5.84. The van der Waals surface area contributed by atoms with E-state index in [9.17, 15) is 0 Å². The topological polar surface area (TPSA) is 15.3 Å². The standard InChI is InChI=1S/C15H26N2S/c1-3-14-7-8-15(18-14)12-17-11-5-4-6-13(17)9-10-16-2/h7-8,13,16H,3-6,9-12H2,1-2H3. The molecule has 2 rings (SSSR count). The first kappa shape index (κ1) is 14.0. The van der Waals surface area contributed by atoms with Gasteiger partial charge in [-0.15, -0.1) is 11.3 Å². The van der Waals surface area contributed by atoms with E-state index in [1.165, 1.54) is 50.1 Å². The zero-order chi connectivity index (χ0) is 12.8. The first-order valence-corrected chi connectivity index (χ1v) is 8.11. The van der Waals surface area contributed by atoms with Crippen molar-refractivity contribution in [3.63, 3.8) is 0 Å². The van der Waals surface area contributed by atoms with E-state index in [-0.39, 0.29) is 0 Å². The van der Waals surface area contributed by atoms with Gasteiger partial charge in [-0.2, -0.15) is 0 Å². The fourth-order valence-electron chi connectivity index (χ4n) is 2.80. The molecule has 1 atom stereocenters. The Morgan fingerprint density at radius 1 is 1.33 bits per heavy atom. The van der Waals surface area contributed by atoms with Crippen molar-refractivity contribution in [2.24, 2.45) is 0 Å². The molecule has 1 aliphatic heterocycles. The molecule has 0 radical (unpaired) electrons. The summed E-state index contributed by atoms with van der Waals surface area (Å²) >= 11 is 2.00. The minimum absolute atomic E-state index is 0.790. The van der Waals surface area contributed by atoms with Gasteiger partial charge in [0.1, 0.15) is 0 Å². The van der Waals surface area contributed by atoms with Gasteiger partial charge in [0.15, 0.2) is 0 Å². The molecule has 1 aromatic heterocycles. The summed E-state index contributed by atoms with van der Waals surface area (Å²) in [4.78, 5) is 5.77. The maximum absolute atomic E-state index is 3.29. The van der Waals surface area contributed by atoms with Gasteiger partial charge in [0.25, 0.3) is 0 Å². The third kappa shape index (κ3) is 3.81. The van der Waals surface area contributed by atoms with E-state index in [0.717, 1.165) is 12.6 Å². The molecular weight excluding hydrogens is 240 g/mol. The van der Waals surface area contributed by atoms with E-state index >= 15 is 0 Å². The van der Waals surface area contributed by atoms with Crippen LogP contribution in [0.3, 0.4) is 0 Å². The fourth-order valence-corrected chi connectivity index (χ4v) is 3.79. The van der Waals surface area contributed by atoms with Crippen LogP contribution in [0.15, 0.2) is 12.1 Å². The van der Waals surface area contributed by atoms with Gasteiger partial charge in [-0.25, -0.2) is 0 Å². The van der Waals surface area contributed by atoms with Crippen molar-refractivity contribution in [2.45, 2.75) is 51.6 Å². The molecule has 0 spiro atoms. The van der Waals surface area contributed by atoms with Crippen LogP contribution in [0.1, 0.15) is 42.4 Å². The molecule has 0 aliphatic carbocycles. The number of piperidine rings is 1. The molecule has 0 saturated carbocycles. The van der Waals surface area contributed by atoms with Gasteiger partial charge < -0.3 is 5.32 Å². The second kappa shape index (κ2) is 7.27. The number of nitrogens with one attached hydrogen (secondary N) is 1. The summed E-state index contributed by atoms with van der Waals surface area (Å²) in [5.41, 5.74) is 0. The SMILES string of the molecule is CCc1ccc(CN2CCCCC2CCNC)s1. The quantitative estimate of drug-likeness (QED) is 0.850. The van der Waals surface area contributed by atoms with E-state index in [2.05, 4.69) is 36.3 Å². The lowest BCUT2D eigenvalue weighted by Gasteiger charge is -2.35. The summed E-state index contributed by atoms with van der Waals surface area (Å²) in [6, 6.07) is 5.41. The lowest BCUT2D eigenvalue weighted by Crippen LogP contribution is -2.40. The maximum atomic E-state index is 3.29. The third-order valence-corrected chi connectivity index (χ3v) is 5.12. The van der Waals surface area contributed by atoms with Gasteiger partial charge in [0.05, 0.1) is 0 Å². The second-order valence-electron chi connectivity index (χ2n) is 5.23. The Bertz CT molecular complexity index is 348. The van der Waals surface area contributed by atoms with Crippen LogP contribution in [-0.2, 0) is 13.0 Å². The number of thiophene rings is 1. The maximum Gasteiger partial charge on any atom is 0.0330 e. The monoisotopic (exact) mass is 266 g/mol. The molecule has 1 saturated heterocycles. The van der Waals surface area contributed by atoms with Crippen LogP contribution in [0.2, 0.25) is 0 Å². The number of nitrogens with zero attached hydrogens (tertiary/aromatic N) is 1. The van der Waals surface area contributed by atoms with Gasteiger partial charge in [0, 0.05) is 22.3 Å². The van der Waals surface area contributed by atoms with E-state index in [4.69, 9.17) is 0 Å². The third-order valence-electron chi connectivity index (χ3n) is 3.90. The molecule has 2 nitrogen and oxygen atoms in total. The van der Waals surface area contributed by atoms with E-state index in [0.29, 0.717) is 0 Å². The molecule has 18 heavy (non-hydrogen) atoms. The zero-order valence-electron chi connectivity index (χ0n) is 11.7. The second-order valence-corrected chi connectivity index (χ2v) is 6.49. The summed E-state index contributed by atoms with van der Waals surface area (Å²) in [5, 5.41) is 3.29. The Labute approximate surface area is 115 Å². The Morgan fingerprint density at radius 2 is 2.17 bits per heavy atom. The van der Waals surface area contributed by atoms with Crippen LogP contribution in [0.25, 0.3) is 0 Å². The number of rotatable bonds is 6. The van der Waals surface area contributed by atoms with Crippen LogP contribution in [0, 0.1) is 0 Å². The first-order valence-electron chi connectivity index (χ1n) is 7.29. The average molecular weight is 266 g/mol. The van der Waals surface area contributed by atoms with E-state index in [1.807, 2.05) is 11.3 Å². The van der Waals surface area contributed by atoms with Crippen molar-refractivity contribution in [2.75, 3.05) is 20.1 Å². The highest BCUT2D eigenvalue weighted by Crippen LogP contribution is 2.25. The number of likely N-dealkylation sites (tertiary alicyclic amines) is 1. The highest BCUT2D eigenvalue weighted by Gasteiger charge is 2.22. The molecule has 0 amide bonds. The van der Waals surface area contributed by atoms with Gasteiger partial charge in [0.2, 0.25) is 0 Å². The van der Waals surface area contributed by atoms with Crippen LogP contribution in [-0.4, -0.2) is 31.1 Å². The van der Waals surface area contributed by atoms with Gasteiger partial charge >= 0.3 is 0 Å². The van der Waals surface area contributed by atoms with Gasteiger partial charge in [-0.3, -0.25) is 4.90 Å². The smallest absolute Gasteiger partial charge is 0.0330 e. The molecule has 1 unspecified atom stereocenters. The summed E-state index contributed by atoms with van der Waals surface area (Å²) in [7, 11) is 2.06. The molecule has 102 valence electrons. The van der Waals surface area contributed by atoms with Crippen LogP contribution in [0.5, 0.6) is 0 Å². The molecule has 2 heterocycles. The zero-order valence-corrected chi connectivity index (χ0v) is 12.6. The first-order chi connectivity index (χ1) is 8.83. The number of hydrogen-bond donors (Lipinski definition) is 1. The van der Waals surface area contributed by atoms with Crippen molar-refractivity contribution in [1.82, 2.24) is 10.2 Å². The van der Waals surface area contributed by atoms with Crippen molar-refractivity contribution in [1.29, 1.82) is 0 Å². The lowest BCUT2D eigenvalue weighted by atomic mass is 9.99. The van der Waals surface area contributed by atoms with Crippen molar-refractivity contribution >= 4 is 11.3 Å². The Morgan fingerprint density at radius 3 is 2.89 bits per heavy atom. The molecule has 1 N–H and O–H groups in total. The molecule has 0 aromatic carbocycles. The molecule has 1 aliphatic rings. The molecular formula is C15H26N2S.